The Balaban J connectivity index is 2.74. The monoisotopic (exact) mass is 349 g/mol. The maximum absolute atomic E-state index is 12.8. The van der Waals surface area contributed by atoms with Gasteiger partial charge in [0.05, 0.1) is 19.1 Å². The summed E-state index contributed by atoms with van der Waals surface area (Å²) in [7, 11) is 0. The van der Waals surface area contributed by atoms with Gasteiger partial charge in [0.1, 0.15) is 0 Å². The second-order valence-electron chi connectivity index (χ2n) is 6.42. The minimum absolute atomic E-state index is 0.0584. The summed E-state index contributed by atoms with van der Waals surface area (Å²) in [6.45, 7) is 11.6. The van der Waals surface area contributed by atoms with E-state index in [1.807, 2.05) is 45.9 Å². The summed E-state index contributed by atoms with van der Waals surface area (Å²) in [5, 5.41) is 0. The minimum atomic E-state index is -0.279. The molecule has 5 nitrogen and oxygen atoms in total. The predicted octanol–water partition coefficient (Wildman–Crippen LogP) is 3.51. The van der Waals surface area contributed by atoms with Gasteiger partial charge in [0.15, 0.2) is 0 Å². The van der Waals surface area contributed by atoms with Crippen LogP contribution in [-0.2, 0) is 14.3 Å². The first-order chi connectivity index (χ1) is 11.8. The maximum Gasteiger partial charge on any atom is 0.307 e. The number of rotatable bonds is 10. The molecule has 5 heteroatoms. The van der Waals surface area contributed by atoms with Gasteiger partial charge in [-0.25, -0.2) is 0 Å². The van der Waals surface area contributed by atoms with Crippen molar-refractivity contribution in [3.63, 3.8) is 0 Å². The molecule has 140 valence electrons. The highest BCUT2D eigenvalue weighted by Crippen LogP contribution is 2.13. The van der Waals surface area contributed by atoms with Crippen molar-refractivity contribution in [2.75, 3.05) is 26.3 Å². The van der Waals surface area contributed by atoms with Gasteiger partial charge in [-0.1, -0.05) is 6.07 Å². The number of hydrogen-bond donors (Lipinski definition) is 0. The van der Waals surface area contributed by atoms with E-state index >= 15 is 0 Å². The number of carbonyl (C=O) groups excluding carboxylic acids is 2. The number of esters is 1. The average Bonchev–Trinajstić information content (AvgIpc) is 2.56. The Hall–Kier alpha value is -1.88. The van der Waals surface area contributed by atoms with E-state index in [4.69, 9.17) is 9.47 Å². The van der Waals surface area contributed by atoms with Gasteiger partial charge < -0.3 is 14.4 Å². The highest BCUT2D eigenvalue weighted by atomic mass is 16.5. The van der Waals surface area contributed by atoms with Crippen LogP contribution in [0.15, 0.2) is 18.2 Å². The van der Waals surface area contributed by atoms with Crippen LogP contribution < -0.4 is 0 Å². The highest BCUT2D eigenvalue weighted by molar-refractivity contribution is 5.94. The molecule has 1 rings (SSSR count). The zero-order valence-electron chi connectivity index (χ0n) is 16.1. The molecule has 0 N–H and O–H groups in total. The molecule has 0 bridgehead atoms. The summed E-state index contributed by atoms with van der Waals surface area (Å²) >= 11 is 0. The summed E-state index contributed by atoms with van der Waals surface area (Å²) < 4.78 is 10.5. The molecule has 1 aromatic carbocycles. The highest BCUT2D eigenvalue weighted by Gasteiger charge is 2.17. The lowest BCUT2D eigenvalue weighted by Crippen LogP contribution is -2.35. The number of carbonyl (C=O) groups is 2. The fourth-order valence-corrected chi connectivity index (χ4v) is 2.41. The van der Waals surface area contributed by atoms with Crippen molar-refractivity contribution in [2.24, 2.45) is 0 Å². The topological polar surface area (TPSA) is 55.8 Å². The largest absolute Gasteiger partial charge is 0.466 e. The van der Waals surface area contributed by atoms with Crippen LogP contribution in [0.5, 0.6) is 0 Å². The number of benzene rings is 1. The Morgan fingerprint density at radius 1 is 1.12 bits per heavy atom. The Kier molecular flexibility index (Phi) is 9.21. The molecule has 0 heterocycles. The molecule has 0 saturated carbocycles. The summed E-state index contributed by atoms with van der Waals surface area (Å²) in [5.74, 6) is -0.337. The van der Waals surface area contributed by atoms with Crippen LogP contribution in [0.25, 0.3) is 0 Å². The molecule has 25 heavy (non-hydrogen) atoms. The van der Waals surface area contributed by atoms with E-state index in [9.17, 15) is 9.59 Å². The molecule has 0 aliphatic carbocycles. The molecule has 0 atom stereocenters. The van der Waals surface area contributed by atoms with E-state index in [-0.39, 0.29) is 24.4 Å². The SMILES string of the molecule is CCOC(=O)CCN(CCCOC(C)C)C(=O)c1ccc(C)c(C)c1. The van der Waals surface area contributed by atoms with Crippen LogP contribution >= 0.6 is 0 Å². The second-order valence-corrected chi connectivity index (χ2v) is 6.42. The zero-order chi connectivity index (χ0) is 18.8. The number of nitrogens with zero attached hydrogens (tertiary/aromatic N) is 1. The van der Waals surface area contributed by atoms with E-state index in [1.54, 1.807) is 11.8 Å². The fourth-order valence-electron chi connectivity index (χ4n) is 2.41. The van der Waals surface area contributed by atoms with E-state index in [0.29, 0.717) is 31.9 Å². The fraction of sp³-hybridized carbons (Fsp3) is 0.600. The van der Waals surface area contributed by atoms with Crippen LogP contribution in [0, 0.1) is 13.8 Å². The van der Waals surface area contributed by atoms with Gasteiger partial charge in [0.25, 0.3) is 5.91 Å². The zero-order valence-corrected chi connectivity index (χ0v) is 16.1. The quantitative estimate of drug-likeness (QED) is 0.479. The lowest BCUT2D eigenvalue weighted by molar-refractivity contribution is -0.143. The summed E-state index contributed by atoms with van der Waals surface area (Å²) in [6, 6.07) is 5.69. The van der Waals surface area contributed by atoms with Crippen LogP contribution in [-0.4, -0.2) is 49.2 Å². The minimum Gasteiger partial charge on any atom is -0.466 e. The van der Waals surface area contributed by atoms with Gasteiger partial charge >= 0.3 is 5.97 Å². The standard InChI is InChI=1S/C20H31NO4/c1-6-24-19(22)10-12-21(11-7-13-25-15(2)3)20(23)18-9-8-16(4)17(5)14-18/h8-9,14-15H,6-7,10-13H2,1-5H3. The predicted molar refractivity (Wildman–Crippen MR) is 98.8 cm³/mol. The smallest absolute Gasteiger partial charge is 0.307 e. The van der Waals surface area contributed by atoms with Gasteiger partial charge in [-0.2, -0.15) is 0 Å². The van der Waals surface area contributed by atoms with E-state index < -0.39 is 0 Å². The molecular weight excluding hydrogens is 318 g/mol. The van der Waals surface area contributed by atoms with Crippen LogP contribution in [0.3, 0.4) is 0 Å². The molecule has 0 aliphatic heterocycles. The normalized spacial score (nSPS) is 10.8. The third kappa shape index (κ3) is 7.69. The van der Waals surface area contributed by atoms with Crippen LogP contribution in [0.4, 0.5) is 0 Å². The lowest BCUT2D eigenvalue weighted by Gasteiger charge is -2.23. The average molecular weight is 349 g/mol. The second kappa shape index (κ2) is 10.9. The molecule has 0 radical (unpaired) electrons. The Morgan fingerprint density at radius 3 is 2.44 bits per heavy atom. The van der Waals surface area contributed by atoms with Gasteiger partial charge in [0, 0.05) is 25.3 Å². The third-order valence-corrected chi connectivity index (χ3v) is 3.96. The first-order valence-electron chi connectivity index (χ1n) is 8.98. The Bertz CT molecular complexity index is 569. The van der Waals surface area contributed by atoms with Crippen LogP contribution in [0.1, 0.15) is 55.1 Å². The van der Waals surface area contributed by atoms with E-state index in [1.165, 1.54) is 0 Å². The van der Waals surface area contributed by atoms with Crippen molar-refractivity contribution >= 4 is 11.9 Å². The third-order valence-electron chi connectivity index (χ3n) is 3.96. The van der Waals surface area contributed by atoms with Gasteiger partial charge in [0.2, 0.25) is 0 Å². The Morgan fingerprint density at radius 2 is 1.84 bits per heavy atom. The first kappa shape index (κ1) is 21.2. The van der Waals surface area contributed by atoms with Crippen molar-refractivity contribution < 1.29 is 19.1 Å². The molecule has 1 aromatic rings. The van der Waals surface area contributed by atoms with Crippen molar-refractivity contribution in [2.45, 2.75) is 53.6 Å². The molecule has 1 amide bonds. The van der Waals surface area contributed by atoms with Crippen LogP contribution in [0.2, 0.25) is 0 Å². The molecule has 0 aromatic heterocycles. The summed E-state index contributed by atoms with van der Waals surface area (Å²) in [6.07, 6.45) is 1.11. The van der Waals surface area contributed by atoms with E-state index in [2.05, 4.69) is 0 Å². The lowest BCUT2D eigenvalue weighted by atomic mass is 10.1. The van der Waals surface area contributed by atoms with Crippen molar-refractivity contribution in [1.29, 1.82) is 0 Å². The molecule has 0 saturated heterocycles. The number of ether oxygens (including phenoxy) is 2. The molecule has 0 aliphatic rings. The molecule has 0 spiro atoms. The van der Waals surface area contributed by atoms with Crippen molar-refractivity contribution in [1.82, 2.24) is 4.90 Å². The summed E-state index contributed by atoms with van der Waals surface area (Å²) in [5.41, 5.74) is 2.89. The maximum atomic E-state index is 12.8. The van der Waals surface area contributed by atoms with E-state index in [0.717, 1.165) is 17.5 Å². The van der Waals surface area contributed by atoms with Crippen molar-refractivity contribution in [3.05, 3.63) is 34.9 Å². The molecule has 0 unspecified atom stereocenters. The molecular formula is C20H31NO4. The van der Waals surface area contributed by atoms with Gasteiger partial charge in [-0.3, -0.25) is 9.59 Å². The number of aryl methyl sites for hydroxylation is 2. The summed E-state index contributed by atoms with van der Waals surface area (Å²) in [4.78, 5) is 26.2. The Labute approximate surface area is 151 Å². The van der Waals surface area contributed by atoms with Gasteiger partial charge in [-0.05, 0) is 64.3 Å². The van der Waals surface area contributed by atoms with Crippen molar-refractivity contribution in [3.8, 4) is 0 Å². The first-order valence-corrected chi connectivity index (χ1v) is 8.98. The van der Waals surface area contributed by atoms with Gasteiger partial charge in [-0.15, -0.1) is 0 Å². The molecule has 0 fully saturated rings. The number of hydrogen-bond acceptors (Lipinski definition) is 4. The number of amides is 1.